The van der Waals surface area contributed by atoms with Gasteiger partial charge in [-0.05, 0) is 115 Å². The van der Waals surface area contributed by atoms with Crippen LogP contribution in [-0.4, -0.2) is 264 Å². The average molecular weight is 1330 g/mol. The quantitative estimate of drug-likeness (QED) is 0.0670. The second kappa shape index (κ2) is 39.7. The molecular weight excluding hydrogens is 1210 g/mol. The minimum absolute atomic E-state index is 0.0645. The van der Waals surface area contributed by atoms with E-state index in [0.29, 0.717) is 19.4 Å². The van der Waals surface area contributed by atoms with E-state index in [1.165, 1.54) is 96.6 Å². The Balaban J connectivity index is 4.56. The summed E-state index contributed by atoms with van der Waals surface area (Å²) in [5.74, 6) is -10.7. The molecule has 1 fully saturated rings. The Labute approximate surface area is 562 Å². The first-order valence-corrected chi connectivity index (χ1v) is 33.6. The fourth-order valence-corrected chi connectivity index (χ4v) is 11.6. The molecule has 11 amide bonds. The predicted molar refractivity (Wildman–Crippen MR) is 361 cm³/mol. The van der Waals surface area contributed by atoms with Crippen LogP contribution in [0, 0.1) is 35.5 Å². The number of hydrogen-bond donors (Lipinski definition) is 6. The fourth-order valence-electron chi connectivity index (χ4n) is 11.6. The molecule has 0 unspecified atom stereocenters. The molecule has 0 aromatic carbocycles. The van der Waals surface area contributed by atoms with Crippen molar-refractivity contribution in [3.63, 3.8) is 0 Å². The summed E-state index contributed by atoms with van der Waals surface area (Å²) < 4.78 is 11.3. The Morgan fingerprint density at radius 1 is 0.500 bits per heavy atom. The number of allylic oxidation sites excluding steroid dienone is 2. The number of carbonyl (C=O) groups is 11. The molecule has 1 rings (SSSR count). The lowest BCUT2D eigenvalue weighted by Gasteiger charge is -2.41. The monoisotopic (exact) mass is 1330 g/mol. The average Bonchev–Trinajstić information content (AvgIpc) is 0.809. The molecule has 13 atom stereocenters. The van der Waals surface area contributed by atoms with Gasteiger partial charge < -0.3 is 75.3 Å². The number of nitrogens with one attached hydrogen (secondary N) is 4. The highest BCUT2D eigenvalue weighted by molar-refractivity contribution is 6.00. The number of likely N-dealkylation sites (N-methyl/N-ethyl adjacent to an activating group) is 7. The van der Waals surface area contributed by atoms with Crippen molar-refractivity contribution in [2.24, 2.45) is 35.5 Å². The number of hydrogen-bond acceptors (Lipinski definition) is 15. The lowest BCUT2D eigenvalue weighted by atomic mass is 9.91. The van der Waals surface area contributed by atoms with Crippen LogP contribution in [-0.2, 0) is 62.2 Å². The lowest BCUT2D eigenvalue weighted by molar-refractivity contribution is -0.157. The van der Waals surface area contributed by atoms with E-state index in [2.05, 4.69) is 21.3 Å². The first-order chi connectivity index (χ1) is 43.5. The van der Waals surface area contributed by atoms with E-state index in [4.69, 9.17) is 9.47 Å². The minimum atomic E-state index is -1.68. The van der Waals surface area contributed by atoms with Gasteiger partial charge in [-0.3, -0.25) is 52.7 Å². The summed E-state index contributed by atoms with van der Waals surface area (Å²) in [7, 11) is 11.2. The standard InChI is InChI=1S/C68H123N11O15/c1-26-28-31-44(13)56(80)55-60(84)71-47(27-2)62(86)77(22)52(38-94-33-30-29-32-93-25)65(89)76(21)51(37-68(16,17)92)59(83)72-53(42(9)10)66(90)73(18)48(34-39(3)4)58(82)69-45(14)57(81)70-46(15)61(85)74(19)49(35-40(5)6)63(87)75(20)50(36-41(7)8)64(88)78(23)54(43(11)12)67(91)79(55)24/h26,28,39-56,80,92H,27,29-38H2,1-25H3,(H,69,82)(H,70,81)(H,71,84)(H,72,83)/t44-,45+,46-,47+,48+,49+,50+,51+,52-,53+,54+,55+,56-/m1/s1. The summed E-state index contributed by atoms with van der Waals surface area (Å²) >= 11 is 0. The number of aliphatic hydroxyl groups is 2. The van der Waals surface area contributed by atoms with Gasteiger partial charge in [0, 0.05) is 76.1 Å². The van der Waals surface area contributed by atoms with E-state index in [1.807, 2.05) is 41.5 Å². The highest BCUT2D eigenvalue weighted by Crippen LogP contribution is 2.26. The highest BCUT2D eigenvalue weighted by Gasteiger charge is 2.47. The van der Waals surface area contributed by atoms with Crippen LogP contribution in [0.3, 0.4) is 0 Å². The number of methoxy groups -OCH3 is 1. The van der Waals surface area contributed by atoms with Gasteiger partial charge in [0.05, 0.1) is 18.3 Å². The molecule has 0 aromatic rings. The van der Waals surface area contributed by atoms with Crippen LogP contribution in [0.15, 0.2) is 12.2 Å². The summed E-state index contributed by atoms with van der Waals surface area (Å²) in [6, 6.07) is -14.8. The zero-order chi connectivity index (χ0) is 72.7. The van der Waals surface area contributed by atoms with Gasteiger partial charge in [-0.25, -0.2) is 0 Å². The zero-order valence-electron chi connectivity index (χ0n) is 61.7. The summed E-state index contributed by atoms with van der Waals surface area (Å²) in [5, 5.41) is 34.6. The maximum Gasteiger partial charge on any atom is 0.248 e. The molecule has 1 saturated heterocycles. The van der Waals surface area contributed by atoms with Crippen LogP contribution in [0.5, 0.6) is 0 Å². The van der Waals surface area contributed by atoms with Gasteiger partial charge in [0.15, 0.2) is 0 Å². The molecule has 540 valence electrons. The Morgan fingerprint density at radius 3 is 1.41 bits per heavy atom. The van der Waals surface area contributed by atoms with Gasteiger partial charge in [0.1, 0.15) is 66.5 Å². The largest absolute Gasteiger partial charge is 0.390 e. The maximum atomic E-state index is 15.3. The van der Waals surface area contributed by atoms with Crippen molar-refractivity contribution in [1.82, 2.24) is 55.6 Å². The first-order valence-electron chi connectivity index (χ1n) is 33.6. The third-order valence-corrected chi connectivity index (χ3v) is 17.5. The SMILES string of the molecule is CC=CC[C@@H](C)[C@@H](O)[C@H]1C(=O)N[C@@H](CC)C(=O)N(C)[C@H](COCCCCOC)C(=O)N(C)[C@@H](CC(C)(C)O)C(=O)N[C@@H](C(C)C)C(=O)N(C)[C@@H](CC(C)C)C(=O)N[C@@H](C)C(=O)N[C@H](C)C(=O)N(C)[C@@H](CC(C)C)C(=O)N(C)[C@@H](CC(C)C)C(=O)N(C)[C@@H](C(C)C)C(=O)N1C. The summed E-state index contributed by atoms with van der Waals surface area (Å²) in [4.78, 5) is 172. The second-order valence-corrected chi connectivity index (χ2v) is 28.5. The van der Waals surface area contributed by atoms with Crippen molar-refractivity contribution in [2.45, 2.75) is 247 Å². The van der Waals surface area contributed by atoms with E-state index in [1.54, 1.807) is 67.7 Å². The van der Waals surface area contributed by atoms with E-state index in [-0.39, 0.29) is 62.9 Å². The van der Waals surface area contributed by atoms with Crippen LogP contribution < -0.4 is 21.3 Å². The molecule has 1 aliphatic heterocycles. The number of aliphatic hydroxyl groups excluding tert-OH is 1. The van der Waals surface area contributed by atoms with Crippen LogP contribution in [0.2, 0.25) is 0 Å². The molecule has 26 nitrogen and oxygen atoms in total. The van der Waals surface area contributed by atoms with Gasteiger partial charge in [-0.2, -0.15) is 0 Å². The van der Waals surface area contributed by atoms with Crippen LogP contribution in [0.4, 0.5) is 0 Å². The van der Waals surface area contributed by atoms with Crippen molar-refractivity contribution >= 4 is 65.0 Å². The number of amides is 11. The van der Waals surface area contributed by atoms with Crippen molar-refractivity contribution in [3.05, 3.63) is 12.2 Å². The van der Waals surface area contributed by atoms with Gasteiger partial charge in [-0.15, -0.1) is 0 Å². The Morgan fingerprint density at radius 2 is 0.936 bits per heavy atom. The number of carbonyl (C=O) groups excluding carboxylic acids is 11. The Hall–Kier alpha value is -6.25. The second-order valence-electron chi connectivity index (χ2n) is 28.5. The zero-order valence-corrected chi connectivity index (χ0v) is 61.7. The van der Waals surface area contributed by atoms with Crippen molar-refractivity contribution in [3.8, 4) is 0 Å². The molecule has 26 heteroatoms. The van der Waals surface area contributed by atoms with E-state index in [9.17, 15) is 34.2 Å². The Kier molecular flexibility index (Phi) is 36.2. The fraction of sp³-hybridized carbons (Fsp3) is 0.809. The smallest absolute Gasteiger partial charge is 0.248 e. The molecule has 0 bridgehead atoms. The summed E-state index contributed by atoms with van der Waals surface area (Å²) in [6.07, 6.45) is 3.31. The molecule has 1 aliphatic rings. The maximum absolute atomic E-state index is 15.3. The van der Waals surface area contributed by atoms with E-state index < -0.39 is 168 Å². The summed E-state index contributed by atoms with van der Waals surface area (Å²) in [6.45, 7) is 28.9. The molecule has 6 N–H and O–H groups in total. The van der Waals surface area contributed by atoms with E-state index >= 15 is 28.8 Å². The molecule has 0 spiro atoms. The normalized spacial score (nSPS) is 26.4. The number of ether oxygens (including phenoxy) is 2. The molecular formula is C68H123N11O15. The van der Waals surface area contributed by atoms with Gasteiger partial charge in [-0.1, -0.05) is 95.2 Å². The minimum Gasteiger partial charge on any atom is -0.390 e. The van der Waals surface area contributed by atoms with Gasteiger partial charge in [0.2, 0.25) is 65.0 Å². The van der Waals surface area contributed by atoms with E-state index in [0.717, 1.165) is 14.7 Å². The van der Waals surface area contributed by atoms with Crippen LogP contribution in [0.1, 0.15) is 169 Å². The van der Waals surface area contributed by atoms with Crippen molar-refractivity contribution < 1.29 is 72.4 Å². The van der Waals surface area contributed by atoms with Crippen LogP contribution in [0.25, 0.3) is 0 Å². The first kappa shape index (κ1) is 85.8. The van der Waals surface area contributed by atoms with Crippen LogP contribution >= 0.6 is 0 Å². The third kappa shape index (κ3) is 25.1. The number of unbranched alkanes of at least 4 members (excludes halogenated alkanes) is 1. The van der Waals surface area contributed by atoms with Crippen molar-refractivity contribution in [2.75, 3.05) is 76.3 Å². The predicted octanol–water partition coefficient (Wildman–Crippen LogP) is 3.20. The molecule has 1 heterocycles. The lowest BCUT2D eigenvalue weighted by Crippen LogP contribution is -2.64. The summed E-state index contributed by atoms with van der Waals surface area (Å²) in [5.41, 5.74) is -1.61. The number of nitrogens with zero attached hydrogens (tertiary/aromatic N) is 7. The molecule has 0 saturated carbocycles. The number of rotatable bonds is 22. The van der Waals surface area contributed by atoms with Gasteiger partial charge in [0.25, 0.3) is 0 Å². The third-order valence-electron chi connectivity index (χ3n) is 17.5. The molecule has 94 heavy (non-hydrogen) atoms. The molecule has 0 aliphatic carbocycles. The topological polar surface area (TPSA) is 317 Å². The van der Waals surface area contributed by atoms with Gasteiger partial charge >= 0.3 is 0 Å². The Bertz CT molecular complexity index is 2540. The highest BCUT2D eigenvalue weighted by atomic mass is 16.5. The molecule has 0 aromatic heterocycles. The molecule has 0 radical (unpaired) electrons. The van der Waals surface area contributed by atoms with Crippen molar-refractivity contribution in [1.29, 1.82) is 0 Å².